The quantitative estimate of drug-likeness (QED) is 0.559. The highest BCUT2D eigenvalue weighted by Gasteiger charge is 2.24. The molecule has 0 spiro atoms. The van der Waals surface area contributed by atoms with Crippen LogP contribution in [0.3, 0.4) is 0 Å². The van der Waals surface area contributed by atoms with Gasteiger partial charge in [0.05, 0.1) is 6.42 Å². The predicted octanol–water partition coefficient (Wildman–Crippen LogP) is 2.87. The molecule has 0 saturated carbocycles. The van der Waals surface area contributed by atoms with Gasteiger partial charge in [-0.3, -0.25) is 9.59 Å². The maximum absolute atomic E-state index is 11.9. The van der Waals surface area contributed by atoms with E-state index in [2.05, 4.69) is 11.8 Å². The molecule has 0 aromatic carbocycles. The first-order valence-corrected chi connectivity index (χ1v) is 6.59. The largest absolute Gasteiger partial charge is 0.460 e. The molecular formula is C15H22O3. The lowest BCUT2D eigenvalue weighted by Gasteiger charge is -2.21. The van der Waals surface area contributed by atoms with Crippen LogP contribution in [0, 0.1) is 17.8 Å². The third kappa shape index (κ3) is 5.86. The van der Waals surface area contributed by atoms with Crippen molar-refractivity contribution in [2.45, 2.75) is 64.9 Å². The van der Waals surface area contributed by atoms with Crippen molar-refractivity contribution in [1.82, 2.24) is 0 Å². The zero-order chi connectivity index (χ0) is 13.6. The normalized spacial score (nSPS) is 21.1. The van der Waals surface area contributed by atoms with Gasteiger partial charge in [0.25, 0.3) is 0 Å². The lowest BCUT2D eigenvalue weighted by atomic mass is 9.94. The van der Waals surface area contributed by atoms with Crippen LogP contribution < -0.4 is 0 Å². The highest BCUT2D eigenvalue weighted by Crippen LogP contribution is 2.18. The van der Waals surface area contributed by atoms with E-state index in [9.17, 15) is 9.59 Å². The minimum atomic E-state index is -0.496. The lowest BCUT2D eigenvalue weighted by molar-refractivity contribution is -0.157. The molecule has 0 N–H and O–H groups in total. The van der Waals surface area contributed by atoms with Crippen LogP contribution in [0.4, 0.5) is 0 Å². The number of hydrogen-bond acceptors (Lipinski definition) is 3. The van der Waals surface area contributed by atoms with E-state index in [1.165, 1.54) is 0 Å². The molecule has 0 aromatic heterocycles. The standard InChI is InChI=1S/C15H22O3/c1-15(2,3)18-14(17)11-12-9-7-5-4-6-8-10-13(12)16/h12H,4,6,8-11H2,1-3H3. The third-order valence-corrected chi connectivity index (χ3v) is 2.74. The maximum Gasteiger partial charge on any atom is 0.307 e. The fraction of sp³-hybridized carbons (Fsp3) is 0.733. The number of carbonyl (C=O) groups is 2. The smallest absolute Gasteiger partial charge is 0.307 e. The van der Waals surface area contributed by atoms with Crippen LogP contribution in [0.2, 0.25) is 0 Å². The van der Waals surface area contributed by atoms with Crippen molar-refractivity contribution in [2.75, 3.05) is 0 Å². The van der Waals surface area contributed by atoms with Crippen molar-refractivity contribution in [3.8, 4) is 11.8 Å². The van der Waals surface area contributed by atoms with E-state index < -0.39 is 5.60 Å². The Kier molecular flexibility index (Phi) is 5.40. The zero-order valence-corrected chi connectivity index (χ0v) is 11.5. The van der Waals surface area contributed by atoms with Crippen molar-refractivity contribution in [2.24, 2.45) is 5.92 Å². The molecule has 0 amide bonds. The topological polar surface area (TPSA) is 43.4 Å². The first-order valence-electron chi connectivity index (χ1n) is 6.59. The van der Waals surface area contributed by atoms with E-state index in [0.717, 1.165) is 19.3 Å². The zero-order valence-electron chi connectivity index (χ0n) is 11.5. The second kappa shape index (κ2) is 6.58. The second-order valence-corrected chi connectivity index (χ2v) is 5.72. The molecule has 100 valence electrons. The Bertz CT molecular complexity index is 365. The minimum absolute atomic E-state index is 0.150. The lowest BCUT2D eigenvalue weighted by Crippen LogP contribution is -2.27. The van der Waals surface area contributed by atoms with Crippen molar-refractivity contribution in [3.05, 3.63) is 0 Å². The van der Waals surface area contributed by atoms with Crippen molar-refractivity contribution in [3.63, 3.8) is 0 Å². The number of hydrogen-bond donors (Lipinski definition) is 0. The van der Waals surface area contributed by atoms with E-state index in [1.54, 1.807) is 0 Å². The number of ketones is 1. The Balaban J connectivity index is 2.57. The summed E-state index contributed by atoms with van der Waals surface area (Å²) in [6.07, 6.45) is 3.89. The summed E-state index contributed by atoms with van der Waals surface area (Å²) in [5, 5.41) is 0. The first-order chi connectivity index (χ1) is 8.38. The summed E-state index contributed by atoms with van der Waals surface area (Å²) in [6.45, 7) is 5.49. The summed E-state index contributed by atoms with van der Waals surface area (Å²) in [5.41, 5.74) is -0.496. The summed E-state index contributed by atoms with van der Waals surface area (Å²) in [6, 6.07) is 0. The number of ether oxygens (including phenoxy) is 1. The number of esters is 1. The van der Waals surface area contributed by atoms with Crippen LogP contribution in [0.1, 0.15) is 59.3 Å². The first kappa shape index (κ1) is 14.8. The van der Waals surface area contributed by atoms with Crippen LogP contribution >= 0.6 is 0 Å². The van der Waals surface area contributed by atoms with Gasteiger partial charge in [-0.05, 0) is 33.6 Å². The average Bonchev–Trinajstić information content (AvgIpc) is 2.30. The molecule has 3 heteroatoms. The van der Waals surface area contributed by atoms with Crippen molar-refractivity contribution < 1.29 is 14.3 Å². The molecule has 0 bridgehead atoms. The van der Waals surface area contributed by atoms with Crippen LogP contribution in [0.15, 0.2) is 0 Å². The van der Waals surface area contributed by atoms with Gasteiger partial charge < -0.3 is 4.74 Å². The van der Waals surface area contributed by atoms with Crippen LogP contribution in [-0.4, -0.2) is 17.4 Å². The molecule has 3 nitrogen and oxygen atoms in total. The van der Waals surface area contributed by atoms with Crippen molar-refractivity contribution >= 4 is 11.8 Å². The highest BCUT2D eigenvalue weighted by atomic mass is 16.6. The molecule has 1 aliphatic rings. The number of rotatable bonds is 2. The van der Waals surface area contributed by atoms with Gasteiger partial charge in [-0.15, -0.1) is 11.8 Å². The van der Waals surface area contributed by atoms with Gasteiger partial charge in [-0.2, -0.15) is 0 Å². The molecule has 1 rings (SSSR count). The highest BCUT2D eigenvalue weighted by molar-refractivity contribution is 5.85. The van der Waals surface area contributed by atoms with E-state index in [4.69, 9.17) is 4.74 Å². The van der Waals surface area contributed by atoms with Gasteiger partial charge in [0, 0.05) is 25.2 Å². The van der Waals surface area contributed by atoms with Crippen LogP contribution in [0.25, 0.3) is 0 Å². The summed E-state index contributed by atoms with van der Waals surface area (Å²) >= 11 is 0. The van der Waals surface area contributed by atoms with Gasteiger partial charge in [-0.25, -0.2) is 0 Å². The maximum atomic E-state index is 11.9. The summed E-state index contributed by atoms with van der Waals surface area (Å²) in [5.74, 6) is 5.60. The third-order valence-electron chi connectivity index (χ3n) is 2.74. The molecule has 18 heavy (non-hydrogen) atoms. The molecule has 0 aliphatic heterocycles. The summed E-state index contributed by atoms with van der Waals surface area (Å²) < 4.78 is 5.25. The SMILES string of the molecule is CC(C)(C)OC(=O)CC1CC#CCCCCC1=O. The molecule has 0 heterocycles. The van der Waals surface area contributed by atoms with Crippen molar-refractivity contribution in [1.29, 1.82) is 0 Å². The Morgan fingerprint density at radius 2 is 2.06 bits per heavy atom. The van der Waals surface area contributed by atoms with Crippen LogP contribution in [-0.2, 0) is 14.3 Å². The van der Waals surface area contributed by atoms with Gasteiger partial charge >= 0.3 is 5.97 Å². The Morgan fingerprint density at radius 1 is 1.33 bits per heavy atom. The summed E-state index contributed by atoms with van der Waals surface area (Å²) in [7, 11) is 0. The number of carbonyl (C=O) groups excluding carboxylic acids is 2. The van der Waals surface area contributed by atoms with Gasteiger partial charge in [0.2, 0.25) is 0 Å². The average molecular weight is 250 g/mol. The molecule has 1 atom stereocenters. The van der Waals surface area contributed by atoms with E-state index in [1.807, 2.05) is 20.8 Å². The summed E-state index contributed by atoms with van der Waals surface area (Å²) in [4.78, 5) is 23.7. The molecule has 1 unspecified atom stereocenters. The van der Waals surface area contributed by atoms with Gasteiger partial charge in [0.15, 0.2) is 0 Å². The molecule has 0 radical (unpaired) electrons. The predicted molar refractivity (Wildman–Crippen MR) is 69.8 cm³/mol. The Hall–Kier alpha value is -1.30. The van der Waals surface area contributed by atoms with Gasteiger partial charge in [-0.1, -0.05) is 0 Å². The van der Waals surface area contributed by atoms with Crippen LogP contribution in [0.5, 0.6) is 0 Å². The molecular weight excluding hydrogens is 228 g/mol. The Morgan fingerprint density at radius 3 is 2.72 bits per heavy atom. The second-order valence-electron chi connectivity index (χ2n) is 5.72. The molecule has 0 fully saturated rings. The molecule has 1 aliphatic carbocycles. The fourth-order valence-corrected chi connectivity index (χ4v) is 1.88. The molecule has 0 saturated heterocycles. The van der Waals surface area contributed by atoms with Gasteiger partial charge in [0.1, 0.15) is 11.4 Å². The van der Waals surface area contributed by atoms with E-state index >= 15 is 0 Å². The minimum Gasteiger partial charge on any atom is -0.460 e. The van der Waals surface area contributed by atoms with E-state index in [0.29, 0.717) is 12.8 Å². The number of Topliss-reactive ketones (excluding diaryl/α,β-unsaturated/α-hetero) is 1. The Labute approximate surface area is 109 Å². The monoisotopic (exact) mass is 250 g/mol. The molecule has 0 aromatic rings. The van der Waals surface area contributed by atoms with E-state index in [-0.39, 0.29) is 24.1 Å². The fourth-order valence-electron chi connectivity index (χ4n) is 1.88.